The van der Waals surface area contributed by atoms with Crippen molar-refractivity contribution in [2.24, 2.45) is 0 Å². The van der Waals surface area contributed by atoms with Crippen molar-refractivity contribution >= 4 is 52.0 Å². The summed E-state index contributed by atoms with van der Waals surface area (Å²) in [6, 6.07) is 4.22. The van der Waals surface area contributed by atoms with Gasteiger partial charge in [-0.3, -0.25) is 14.5 Å². The molecule has 0 radical (unpaired) electrons. The molecule has 13 heteroatoms. The molecule has 2 heterocycles. The quantitative estimate of drug-likeness (QED) is 0.384. The number of nitrogens with zero attached hydrogens (tertiary/aromatic N) is 6. The molecule has 3 aromatic rings. The molecule has 11 nitrogen and oxygen atoms in total. The largest absolute Gasteiger partial charge is 0.480 e. The Balaban J connectivity index is 1.49. The Labute approximate surface area is 211 Å². The third-order valence-electron chi connectivity index (χ3n) is 6.27. The standard InChI is InChI=1S/C23H25ClFN7O4/c1-31(14-3-5-15(6-4-14)32(10-19(33)34)11-20(35)36)23-26-9-18-21(30-23)22(28-12-27-18)29-13-2-7-17(25)16(24)8-13/h2,7-9,12,14-15H,3-6,10-11H2,1H3,(H,33,34)(H,35,36)(H,27,28,29)/t14-,15-. The number of rotatable bonds is 9. The molecule has 0 saturated heterocycles. The fraction of sp³-hybridized carbons (Fsp3) is 0.391. The summed E-state index contributed by atoms with van der Waals surface area (Å²) >= 11 is 5.89. The highest BCUT2D eigenvalue weighted by Gasteiger charge is 2.30. The highest BCUT2D eigenvalue weighted by molar-refractivity contribution is 6.31. The summed E-state index contributed by atoms with van der Waals surface area (Å²) in [4.78, 5) is 43.4. The lowest BCUT2D eigenvalue weighted by atomic mass is 9.89. The van der Waals surface area contributed by atoms with Gasteiger partial charge in [-0.2, -0.15) is 0 Å². The van der Waals surface area contributed by atoms with Gasteiger partial charge in [-0.15, -0.1) is 0 Å². The number of carbonyl (C=O) groups is 2. The van der Waals surface area contributed by atoms with Crippen LogP contribution in [0.3, 0.4) is 0 Å². The minimum atomic E-state index is -1.05. The molecule has 1 aromatic carbocycles. The molecule has 0 amide bonds. The van der Waals surface area contributed by atoms with Crippen LogP contribution in [0.25, 0.3) is 11.0 Å². The minimum absolute atomic E-state index is 0.0192. The molecule has 0 atom stereocenters. The Morgan fingerprint density at radius 3 is 2.39 bits per heavy atom. The van der Waals surface area contributed by atoms with E-state index in [0.29, 0.717) is 41.3 Å². The van der Waals surface area contributed by atoms with E-state index in [2.05, 4.69) is 25.3 Å². The van der Waals surface area contributed by atoms with Crippen LogP contribution in [0.15, 0.2) is 30.7 Å². The summed E-state index contributed by atoms with van der Waals surface area (Å²) in [5.41, 5.74) is 1.55. The molecule has 0 bridgehead atoms. The minimum Gasteiger partial charge on any atom is -0.480 e. The van der Waals surface area contributed by atoms with Gasteiger partial charge in [-0.05, 0) is 43.9 Å². The molecular weight excluding hydrogens is 493 g/mol. The van der Waals surface area contributed by atoms with Crippen molar-refractivity contribution < 1.29 is 24.2 Å². The van der Waals surface area contributed by atoms with E-state index in [1.54, 1.807) is 12.3 Å². The molecule has 190 valence electrons. The lowest BCUT2D eigenvalue weighted by Gasteiger charge is -2.38. The number of carboxylic acids is 2. The van der Waals surface area contributed by atoms with E-state index in [-0.39, 0.29) is 30.2 Å². The number of nitrogens with one attached hydrogen (secondary N) is 1. The molecule has 36 heavy (non-hydrogen) atoms. The van der Waals surface area contributed by atoms with Crippen LogP contribution in [-0.2, 0) is 9.59 Å². The highest BCUT2D eigenvalue weighted by atomic mass is 35.5. The number of aliphatic carboxylic acids is 2. The molecule has 2 aromatic heterocycles. The number of benzene rings is 1. The Bertz CT molecular complexity index is 1260. The zero-order chi connectivity index (χ0) is 25.8. The Morgan fingerprint density at radius 1 is 1.08 bits per heavy atom. The van der Waals surface area contributed by atoms with E-state index >= 15 is 0 Å². The van der Waals surface area contributed by atoms with Gasteiger partial charge in [0, 0.05) is 24.8 Å². The maximum absolute atomic E-state index is 13.5. The summed E-state index contributed by atoms with van der Waals surface area (Å²) in [6.45, 7) is -0.611. The monoisotopic (exact) mass is 517 g/mol. The average molecular weight is 518 g/mol. The molecule has 1 aliphatic carbocycles. The predicted molar refractivity (Wildman–Crippen MR) is 131 cm³/mol. The summed E-state index contributed by atoms with van der Waals surface area (Å²) in [5, 5.41) is 21.4. The van der Waals surface area contributed by atoms with Crippen LogP contribution in [0.1, 0.15) is 25.7 Å². The normalized spacial score (nSPS) is 17.8. The summed E-state index contributed by atoms with van der Waals surface area (Å²) in [7, 11) is 1.88. The average Bonchev–Trinajstić information content (AvgIpc) is 2.85. The Morgan fingerprint density at radius 2 is 1.75 bits per heavy atom. The number of halogens is 2. The SMILES string of the molecule is CN(c1ncc2ncnc(Nc3ccc(F)c(Cl)c3)c2n1)[C@H]1CC[C@H](N(CC(=O)O)CC(=O)O)CC1. The molecule has 1 fully saturated rings. The second kappa shape index (κ2) is 11.0. The van der Waals surface area contributed by atoms with E-state index in [1.165, 1.54) is 23.4 Å². The van der Waals surface area contributed by atoms with Crippen LogP contribution >= 0.6 is 11.6 Å². The predicted octanol–water partition coefficient (Wildman–Crippen LogP) is 3.17. The molecule has 0 aliphatic heterocycles. The van der Waals surface area contributed by atoms with Crippen molar-refractivity contribution in [2.45, 2.75) is 37.8 Å². The van der Waals surface area contributed by atoms with Gasteiger partial charge in [0.25, 0.3) is 0 Å². The second-order valence-corrected chi connectivity index (χ2v) is 9.05. The van der Waals surface area contributed by atoms with Gasteiger partial charge in [-0.25, -0.2) is 24.3 Å². The van der Waals surface area contributed by atoms with Crippen molar-refractivity contribution in [1.82, 2.24) is 24.8 Å². The fourth-order valence-corrected chi connectivity index (χ4v) is 4.63. The number of fused-ring (bicyclic) bond motifs is 1. The van der Waals surface area contributed by atoms with Crippen molar-refractivity contribution in [1.29, 1.82) is 0 Å². The molecule has 4 rings (SSSR count). The zero-order valence-electron chi connectivity index (χ0n) is 19.4. The highest BCUT2D eigenvalue weighted by Crippen LogP contribution is 2.29. The van der Waals surface area contributed by atoms with Crippen LogP contribution in [0, 0.1) is 5.82 Å². The maximum atomic E-state index is 13.5. The Kier molecular flexibility index (Phi) is 7.75. The van der Waals surface area contributed by atoms with Crippen molar-refractivity contribution in [3.63, 3.8) is 0 Å². The van der Waals surface area contributed by atoms with Gasteiger partial charge in [0.1, 0.15) is 23.2 Å². The number of hydrogen-bond acceptors (Lipinski definition) is 9. The second-order valence-electron chi connectivity index (χ2n) is 8.65. The van der Waals surface area contributed by atoms with Crippen LogP contribution in [-0.4, -0.2) is 79.2 Å². The fourth-order valence-electron chi connectivity index (χ4n) is 4.45. The van der Waals surface area contributed by atoms with Gasteiger partial charge < -0.3 is 20.4 Å². The van der Waals surface area contributed by atoms with Gasteiger partial charge in [0.15, 0.2) is 5.82 Å². The molecular formula is C23H25ClFN7O4. The number of aromatic nitrogens is 4. The molecule has 3 N–H and O–H groups in total. The van der Waals surface area contributed by atoms with Crippen LogP contribution in [0.2, 0.25) is 5.02 Å². The first-order valence-corrected chi connectivity index (χ1v) is 11.7. The first-order chi connectivity index (χ1) is 17.2. The number of carboxylic acid groups (broad SMARTS) is 2. The maximum Gasteiger partial charge on any atom is 0.317 e. The van der Waals surface area contributed by atoms with Crippen LogP contribution < -0.4 is 10.2 Å². The zero-order valence-corrected chi connectivity index (χ0v) is 20.2. The third kappa shape index (κ3) is 5.94. The summed E-state index contributed by atoms with van der Waals surface area (Å²) < 4.78 is 13.5. The van der Waals surface area contributed by atoms with E-state index in [9.17, 15) is 14.0 Å². The molecule has 0 unspecified atom stereocenters. The van der Waals surface area contributed by atoms with Crippen LogP contribution in [0.5, 0.6) is 0 Å². The van der Waals surface area contributed by atoms with E-state index in [0.717, 1.165) is 12.8 Å². The topological polar surface area (TPSA) is 145 Å². The van der Waals surface area contributed by atoms with E-state index in [4.69, 9.17) is 21.8 Å². The van der Waals surface area contributed by atoms with Crippen molar-refractivity contribution in [3.05, 3.63) is 41.6 Å². The number of anilines is 3. The van der Waals surface area contributed by atoms with Gasteiger partial charge in [0.05, 0.1) is 24.3 Å². The van der Waals surface area contributed by atoms with Crippen molar-refractivity contribution in [3.8, 4) is 0 Å². The van der Waals surface area contributed by atoms with Gasteiger partial charge >= 0.3 is 11.9 Å². The molecule has 1 aliphatic rings. The van der Waals surface area contributed by atoms with E-state index < -0.39 is 17.8 Å². The smallest absolute Gasteiger partial charge is 0.317 e. The lowest BCUT2D eigenvalue weighted by Crippen LogP contribution is -2.46. The number of hydrogen-bond donors (Lipinski definition) is 3. The lowest BCUT2D eigenvalue weighted by molar-refractivity contribution is -0.143. The van der Waals surface area contributed by atoms with Gasteiger partial charge in [0.2, 0.25) is 5.95 Å². The first-order valence-electron chi connectivity index (χ1n) is 11.3. The van der Waals surface area contributed by atoms with E-state index in [1.807, 2.05) is 11.9 Å². The van der Waals surface area contributed by atoms with Crippen LogP contribution in [0.4, 0.5) is 21.8 Å². The molecule has 0 spiro atoms. The third-order valence-corrected chi connectivity index (χ3v) is 6.56. The Hall–Kier alpha value is -3.64. The molecule has 1 saturated carbocycles. The summed E-state index contributed by atoms with van der Waals surface area (Å²) in [5.74, 6) is -1.73. The summed E-state index contributed by atoms with van der Waals surface area (Å²) in [6.07, 6.45) is 5.75. The van der Waals surface area contributed by atoms with Gasteiger partial charge in [-0.1, -0.05) is 11.6 Å². The van der Waals surface area contributed by atoms with Crippen molar-refractivity contribution in [2.75, 3.05) is 30.4 Å². The first kappa shape index (κ1) is 25.5.